The zero-order chi connectivity index (χ0) is 24.7. The van der Waals surface area contributed by atoms with Crippen molar-refractivity contribution in [2.75, 3.05) is 6.61 Å². The fourth-order valence-electron chi connectivity index (χ4n) is 3.82. The summed E-state index contributed by atoms with van der Waals surface area (Å²) in [4.78, 5) is 36.3. The van der Waals surface area contributed by atoms with Crippen LogP contribution in [0.2, 0.25) is 0 Å². The smallest absolute Gasteiger partial charge is 0.340 e. The Labute approximate surface area is 200 Å². The Bertz CT molecular complexity index is 1480. The number of rotatable bonds is 6. The van der Waals surface area contributed by atoms with Gasteiger partial charge in [0.25, 0.3) is 0 Å². The molecule has 182 valence electrons. The molecule has 0 spiro atoms. The van der Waals surface area contributed by atoms with E-state index in [-0.39, 0.29) is 23.5 Å². The number of nitrogens with zero attached hydrogens (tertiary/aromatic N) is 4. The van der Waals surface area contributed by atoms with Crippen molar-refractivity contribution in [2.24, 2.45) is 0 Å². The van der Waals surface area contributed by atoms with Gasteiger partial charge >= 0.3 is 11.6 Å². The average Bonchev–Trinajstić information content (AvgIpc) is 3.33. The summed E-state index contributed by atoms with van der Waals surface area (Å²) in [7, 11) is 0. The lowest BCUT2D eigenvalue weighted by Crippen LogP contribution is -2.34. The number of thioether (sulfide) groups is 1. The summed E-state index contributed by atoms with van der Waals surface area (Å²) in [5, 5.41) is 21.9. The molecule has 0 aliphatic carbocycles. The second-order valence-electron chi connectivity index (χ2n) is 7.87. The predicted octanol–water partition coefficient (Wildman–Crippen LogP) is 1.55. The summed E-state index contributed by atoms with van der Waals surface area (Å²) >= 11 is 1.13. The van der Waals surface area contributed by atoms with Crippen molar-refractivity contribution in [3.63, 3.8) is 0 Å². The number of ether oxygens (including phenoxy) is 2. The van der Waals surface area contributed by atoms with E-state index in [1.807, 2.05) is 0 Å². The van der Waals surface area contributed by atoms with Gasteiger partial charge in [-0.25, -0.2) is 24.1 Å². The number of benzene rings is 1. The first kappa shape index (κ1) is 23.4. The molecule has 2 N–H and O–H groups in total. The van der Waals surface area contributed by atoms with E-state index in [1.165, 1.54) is 42.2 Å². The highest BCUT2D eigenvalue weighted by Crippen LogP contribution is 2.36. The van der Waals surface area contributed by atoms with Gasteiger partial charge in [-0.15, -0.1) is 0 Å². The van der Waals surface area contributed by atoms with E-state index >= 15 is 0 Å². The number of fused-ring (bicyclic) bond motifs is 2. The monoisotopic (exact) mass is 502 g/mol. The minimum absolute atomic E-state index is 0.105. The molecule has 1 aliphatic heterocycles. The standard InChI is InChI=1S/C22H19FN4O7S/c1-10(28)32-7-16-17(29)18(30)20(33-16)27-19-14(6-24-9-25-19)26-22(27)35-8-12-4-11-5-13(23)2-3-15(11)34-21(12)31/h2-6,9,16-18,20,29-30H,7-8H2,1H3/t16-,17-,18-,20-/m1/s1. The third-order valence-corrected chi connectivity index (χ3v) is 6.49. The molecule has 11 nitrogen and oxygen atoms in total. The summed E-state index contributed by atoms with van der Waals surface area (Å²) in [5.74, 6) is -0.905. The minimum atomic E-state index is -1.38. The van der Waals surface area contributed by atoms with Gasteiger partial charge in [-0.2, -0.15) is 0 Å². The van der Waals surface area contributed by atoms with Gasteiger partial charge in [-0.1, -0.05) is 11.8 Å². The van der Waals surface area contributed by atoms with Crippen LogP contribution in [0, 0.1) is 5.82 Å². The lowest BCUT2D eigenvalue weighted by Gasteiger charge is -2.19. The van der Waals surface area contributed by atoms with Crippen molar-refractivity contribution < 1.29 is 33.3 Å². The van der Waals surface area contributed by atoms with Crippen LogP contribution >= 0.6 is 11.8 Å². The Hall–Kier alpha value is -3.39. The Kier molecular flexibility index (Phi) is 6.23. The molecule has 0 bridgehead atoms. The maximum absolute atomic E-state index is 13.6. The lowest BCUT2D eigenvalue weighted by molar-refractivity contribution is -0.147. The van der Waals surface area contributed by atoms with Crippen LogP contribution in [0.25, 0.3) is 22.1 Å². The highest BCUT2D eigenvalue weighted by atomic mass is 32.2. The Morgan fingerprint density at radius 3 is 2.91 bits per heavy atom. The second-order valence-corrected chi connectivity index (χ2v) is 8.82. The molecule has 1 aromatic carbocycles. The Morgan fingerprint density at radius 2 is 2.11 bits per heavy atom. The number of imidazole rings is 1. The van der Waals surface area contributed by atoms with Crippen LogP contribution in [-0.2, 0) is 20.0 Å². The number of carbonyl (C=O) groups is 1. The highest BCUT2D eigenvalue weighted by Gasteiger charge is 2.45. The van der Waals surface area contributed by atoms with Crippen LogP contribution < -0.4 is 5.63 Å². The van der Waals surface area contributed by atoms with Crippen LogP contribution in [0.4, 0.5) is 4.39 Å². The van der Waals surface area contributed by atoms with Gasteiger partial charge in [0.2, 0.25) is 0 Å². The fourth-order valence-corrected chi connectivity index (χ4v) is 4.80. The van der Waals surface area contributed by atoms with Crippen molar-refractivity contribution >= 4 is 39.9 Å². The SMILES string of the molecule is CC(=O)OC[C@H]1O[C@@H](n2c(SCc3cc4cc(F)ccc4oc3=O)nc3cncnc32)[C@H](O)[C@@H]1O. The van der Waals surface area contributed by atoms with Crippen LogP contribution in [0.3, 0.4) is 0 Å². The van der Waals surface area contributed by atoms with Crippen LogP contribution in [0.5, 0.6) is 0 Å². The van der Waals surface area contributed by atoms with Gasteiger partial charge in [-0.05, 0) is 24.3 Å². The van der Waals surface area contributed by atoms with Gasteiger partial charge in [0, 0.05) is 23.6 Å². The first-order valence-corrected chi connectivity index (χ1v) is 11.5. The molecular formula is C22H19FN4O7S. The maximum Gasteiger partial charge on any atom is 0.340 e. The zero-order valence-corrected chi connectivity index (χ0v) is 19.0. The molecule has 1 saturated heterocycles. The molecule has 3 aromatic heterocycles. The first-order chi connectivity index (χ1) is 16.8. The number of esters is 1. The normalized spacial score (nSPS) is 22.2. The molecule has 5 rings (SSSR count). The summed E-state index contributed by atoms with van der Waals surface area (Å²) in [6.45, 7) is 0.977. The van der Waals surface area contributed by atoms with Crippen LogP contribution in [0.15, 0.2) is 51.2 Å². The highest BCUT2D eigenvalue weighted by molar-refractivity contribution is 7.98. The molecule has 35 heavy (non-hydrogen) atoms. The van der Waals surface area contributed by atoms with Crippen molar-refractivity contribution in [2.45, 2.75) is 42.4 Å². The number of aromatic nitrogens is 4. The number of carbonyl (C=O) groups excluding carboxylic acids is 1. The lowest BCUT2D eigenvalue weighted by atomic mass is 10.1. The van der Waals surface area contributed by atoms with Gasteiger partial charge in [-0.3, -0.25) is 9.36 Å². The molecule has 0 unspecified atom stereocenters. The summed E-state index contributed by atoms with van der Waals surface area (Å²) < 4.78 is 31.2. The third-order valence-electron chi connectivity index (χ3n) is 5.49. The maximum atomic E-state index is 13.6. The van der Waals surface area contributed by atoms with E-state index in [2.05, 4.69) is 15.0 Å². The molecule has 1 fully saturated rings. The summed E-state index contributed by atoms with van der Waals surface area (Å²) in [5.41, 5.74) is 0.699. The van der Waals surface area contributed by atoms with Crippen LogP contribution in [0.1, 0.15) is 18.7 Å². The number of hydrogen-bond acceptors (Lipinski definition) is 11. The van der Waals surface area contributed by atoms with Gasteiger partial charge < -0.3 is 24.1 Å². The number of aliphatic hydroxyl groups excluding tert-OH is 2. The van der Waals surface area contributed by atoms with Gasteiger partial charge in [0.1, 0.15) is 48.2 Å². The molecule has 4 atom stereocenters. The predicted molar refractivity (Wildman–Crippen MR) is 120 cm³/mol. The Balaban J connectivity index is 1.47. The van der Waals surface area contributed by atoms with Crippen LogP contribution in [-0.4, -0.2) is 60.6 Å². The van der Waals surface area contributed by atoms with E-state index in [1.54, 1.807) is 6.07 Å². The van der Waals surface area contributed by atoms with Gasteiger partial charge in [0.05, 0.1) is 6.20 Å². The summed E-state index contributed by atoms with van der Waals surface area (Å²) in [6, 6.07) is 5.41. The third kappa shape index (κ3) is 4.50. The first-order valence-electron chi connectivity index (χ1n) is 10.5. The molecule has 13 heteroatoms. The number of aliphatic hydroxyl groups is 2. The zero-order valence-electron chi connectivity index (χ0n) is 18.2. The largest absolute Gasteiger partial charge is 0.463 e. The van der Waals surface area contributed by atoms with Crippen molar-refractivity contribution in [1.29, 1.82) is 0 Å². The molecule has 1 aliphatic rings. The van der Waals surface area contributed by atoms with E-state index < -0.39 is 42.0 Å². The van der Waals surface area contributed by atoms with Crippen molar-refractivity contribution in [3.8, 4) is 0 Å². The number of halogens is 1. The Morgan fingerprint density at radius 1 is 1.29 bits per heavy atom. The molecular weight excluding hydrogens is 483 g/mol. The quantitative estimate of drug-likeness (QED) is 0.225. The number of hydrogen-bond donors (Lipinski definition) is 2. The molecule has 0 amide bonds. The fraction of sp³-hybridized carbons (Fsp3) is 0.318. The van der Waals surface area contributed by atoms with Crippen molar-refractivity contribution in [1.82, 2.24) is 19.5 Å². The molecule has 4 aromatic rings. The molecule has 0 saturated carbocycles. The second kappa shape index (κ2) is 9.34. The summed E-state index contributed by atoms with van der Waals surface area (Å²) in [6.07, 6.45) is -2.01. The van der Waals surface area contributed by atoms with E-state index in [0.29, 0.717) is 21.7 Å². The minimum Gasteiger partial charge on any atom is -0.463 e. The van der Waals surface area contributed by atoms with E-state index in [9.17, 15) is 24.2 Å². The topological polar surface area (TPSA) is 150 Å². The average molecular weight is 502 g/mol. The molecule has 4 heterocycles. The van der Waals surface area contributed by atoms with Gasteiger partial charge in [0.15, 0.2) is 17.0 Å². The van der Waals surface area contributed by atoms with E-state index in [0.717, 1.165) is 11.8 Å². The van der Waals surface area contributed by atoms with Crippen molar-refractivity contribution in [3.05, 3.63) is 58.6 Å². The van der Waals surface area contributed by atoms with E-state index in [4.69, 9.17) is 13.9 Å². The molecule has 0 radical (unpaired) electrons.